The topological polar surface area (TPSA) is 142 Å². The molecule has 0 saturated carbocycles. The molecule has 0 amide bonds. The van der Waals surface area contributed by atoms with Crippen LogP contribution < -0.4 is 20.1 Å². The number of morpholine rings is 1. The fourth-order valence-electron chi connectivity index (χ4n) is 4.48. The van der Waals surface area contributed by atoms with Crippen LogP contribution in [-0.4, -0.2) is 68.8 Å². The summed E-state index contributed by atoms with van der Waals surface area (Å²) in [5, 5.41) is 10.6. The number of carbonyl (C=O) groups excluding carboxylic acids is 1. The lowest BCUT2D eigenvalue weighted by molar-refractivity contribution is -0.139. The molecule has 206 valence electrons. The van der Waals surface area contributed by atoms with Gasteiger partial charge in [-0.25, -0.2) is 14.8 Å². The number of carbonyl (C=O) groups is 1. The second-order valence-electron chi connectivity index (χ2n) is 8.60. The minimum atomic E-state index is -0.897. The number of methoxy groups -OCH3 is 2. The molecule has 12 heteroatoms. The molecule has 1 atom stereocenters. The van der Waals surface area contributed by atoms with Gasteiger partial charge < -0.3 is 34.3 Å². The molecule has 0 aliphatic carbocycles. The Morgan fingerprint density at radius 3 is 2.69 bits per heavy atom. The molecule has 1 aromatic carbocycles. The Bertz CT molecular complexity index is 1330. The van der Waals surface area contributed by atoms with Gasteiger partial charge in [-0.05, 0) is 19.9 Å². The maximum Gasteiger partial charge on any atom is 0.338 e. The van der Waals surface area contributed by atoms with E-state index >= 15 is 0 Å². The molecule has 11 nitrogen and oxygen atoms in total. The molecule has 1 aromatic heterocycles. The number of nitrogens with zero attached hydrogens (tertiary/aromatic N) is 4. The Hall–Kier alpha value is -3.95. The van der Waals surface area contributed by atoms with Gasteiger partial charge in [0.05, 0.1) is 51.3 Å². The van der Waals surface area contributed by atoms with E-state index in [0.29, 0.717) is 35.4 Å². The second kappa shape index (κ2) is 12.7. The van der Waals surface area contributed by atoms with Crippen LogP contribution in [0.1, 0.15) is 24.1 Å². The molecule has 2 aliphatic heterocycles. The Kier molecular flexibility index (Phi) is 9.16. The highest BCUT2D eigenvalue weighted by Crippen LogP contribution is 2.46. The van der Waals surface area contributed by atoms with Crippen molar-refractivity contribution in [2.75, 3.05) is 57.8 Å². The van der Waals surface area contributed by atoms with E-state index in [9.17, 15) is 10.1 Å². The number of anilines is 1. The van der Waals surface area contributed by atoms with Gasteiger partial charge in [0.25, 0.3) is 0 Å². The third-order valence-electron chi connectivity index (χ3n) is 6.22. The van der Waals surface area contributed by atoms with Crippen LogP contribution in [0.15, 0.2) is 52.2 Å². The quantitative estimate of drug-likeness (QED) is 0.277. The number of allylic oxidation sites excluding steroid dienone is 1. The van der Waals surface area contributed by atoms with Gasteiger partial charge in [0.2, 0.25) is 5.88 Å². The van der Waals surface area contributed by atoms with Crippen LogP contribution >= 0.6 is 11.8 Å². The summed E-state index contributed by atoms with van der Waals surface area (Å²) in [7, 11) is 3.00. The number of ether oxygens (including phenoxy) is 5. The number of thioether (sulfide) groups is 1. The van der Waals surface area contributed by atoms with Crippen LogP contribution in [0.4, 0.5) is 5.82 Å². The number of para-hydroxylation sites is 1. The van der Waals surface area contributed by atoms with Crippen molar-refractivity contribution in [3.8, 4) is 17.6 Å². The Morgan fingerprint density at radius 1 is 1.26 bits per heavy atom. The molecule has 0 bridgehead atoms. The van der Waals surface area contributed by atoms with E-state index in [1.54, 1.807) is 25.1 Å². The number of nitrogens with two attached hydrogens (primary N) is 1. The van der Waals surface area contributed by atoms with Crippen molar-refractivity contribution in [2.45, 2.75) is 24.9 Å². The van der Waals surface area contributed by atoms with Gasteiger partial charge in [0, 0.05) is 30.4 Å². The number of rotatable bonds is 9. The molecule has 1 fully saturated rings. The zero-order valence-electron chi connectivity index (χ0n) is 22.4. The summed E-state index contributed by atoms with van der Waals surface area (Å²) >= 11 is 1.30. The van der Waals surface area contributed by atoms with E-state index < -0.39 is 11.9 Å². The molecule has 39 heavy (non-hydrogen) atoms. The van der Waals surface area contributed by atoms with Crippen LogP contribution in [0, 0.1) is 18.3 Å². The highest BCUT2D eigenvalue weighted by molar-refractivity contribution is 7.99. The normalized spacial score (nSPS) is 17.4. The van der Waals surface area contributed by atoms with Crippen molar-refractivity contribution in [1.82, 2.24) is 9.97 Å². The molecule has 1 saturated heterocycles. The summed E-state index contributed by atoms with van der Waals surface area (Å²) in [5.74, 6) is 0.426. The van der Waals surface area contributed by atoms with E-state index in [0.717, 1.165) is 24.6 Å². The number of esters is 1. The van der Waals surface area contributed by atoms with E-state index in [2.05, 4.69) is 16.0 Å². The summed E-state index contributed by atoms with van der Waals surface area (Å²) in [6.07, 6.45) is 0. The SMILES string of the molecule is CCOC(=O)C1=C(CSc2nc(C)cc(N3CCOCC3)n2)OC(N)=C(C#N)[C@@H]1c1cccc(OC)c1OC. The summed E-state index contributed by atoms with van der Waals surface area (Å²) in [5.41, 5.74) is 7.79. The molecule has 3 heterocycles. The van der Waals surface area contributed by atoms with Gasteiger partial charge in [0.15, 0.2) is 16.7 Å². The van der Waals surface area contributed by atoms with Crippen molar-refractivity contribution in [3.63, 3.8) is 0 Å². The van der Waals surface area contributed by atoms with Gasteiger partial charge >= 0.3 is 5.97 Å². The first-order chi connectivity index (χ1) is 18.9. The standard InChI is InChI=1S/C27H31N5O6S/c1-5-37-26(33)23-20(15-39-27-30-16(2)13-21(31-27)32-9-11-36-12-10-32)38-25(29)18(14-28)22(23)17-7-6-8-19(34-3)24(17)35-4/h6-8,13,22H,5,9-12,15,29H2,1-4H3/t22-/m0/s1. The maximum absolute atomic E-state index is 13.4. The minimum Gasteiger partial charge on any atom is -0.493 e. The summed E-state index contributed by atoms with van der Waals surface area (Å²) in [6.45, 7) is 6.50. The number of hydrogen-bond donors (Lipinski definition) is 1. The van der Waals surface area contributed by atoms with E-state index in [1.807, 2.05) is 13.0 Å². The number of hydrogen-bond acceptors (Lipinski definition) is 12. The fraction of sp³-hybridized carbons (Fsp3) is 0.407. The largest absolute Gasteiger partial charge is 0.493 e. The second-order valence-corrected chi connectivity index (χ2v) is 9.55. The van der Waals surface area contributed by atoms with E-state index in [4.69, 9.17) is 34.4 Å². The monoisotopic (exact) mass is 553 g/mol. The number of aromatic nitrogens is 2. The van der Waals surface area contributed by atoms with Crippen LogP contribution in [0.5, 0.6) is 11.5 Å². The molecular formula is C27H31N5O6S. The van der Waals surface area contributed by atoms with Crippen molar-refractivity contribution in [1.29, 1.82) is 5.26 Å². The molecule has 2 N–H and O–H groups in total. The zero-order chi connectivity index (χ0) is 27.9. The maximum atomic E-state index is 13.4. The first-order valence-electron chi connectivity index (χ1n) is 12.4. The van der Waals surface area contributed by atoms with Gasteiger partial charge in [-0.3, -0.25) is 0 Å². The van der Waals surface area contributed by atoms with Crippen molar-refractivity contribution in [2.24, 2.45) is 5.73 Å². The predicted molar refractivity (Wildman–Crippen MR) is 144 cm³/mol. The van der Waals surface area contributed by atoms with Crippen LogP contribution in [0.2, 0.25) is 0 Å². The molecule has 0 unspecified atom stereocenters. The van der Waals surface area contributed by atoms with Crippen molar-refractivity contribution in [3.05, 3.63) is 58.3 Å². The summed E-state index contributed by atoms with van der Waals surface area (Å²) < 4.78 is 27.8. The smallest absolute Gasteiger partial charge is 0.338 e. The molecule has 2 aromatic rings. The Morgan fingerprint density at radius 2 is 2.03 bits per heavy atom. The predicted octanol–water partition coefficient (Wildman–Crippen LogP) is 3.06. The zero-order valence-corrected chi connectivity index (χ0v) is 23.2. The number of nitriles is 1. The first-order valence-corrected chi connectivity index (χ1v) is 13.4. The Labute approximate surface area is 231 Å². The van der Waals surface area contributed by atoms with Crippen molar-refractivity contribution < 1.29 is 28.5 Å². The number of benzene rings is 1. The molecule has 0 spiro atoms. The Balaban J connectivity index is 1.76. The van der Waals surface area contributed by atoms with Gasteiger partial charge in [-0.1, -0.05) is 23.9 Å². The highest BCUT2D eigenvalue weighted by atomic mass is 32.2. The first kappa shape index (κ1) is 28.1. The minimum absolute atomic E-state index is 0.0692. The lowest BCUT2D eigenvalue weighted by Gasteiger charge is -2.29. The average Bonchev–Trinajstić information content (AvgIpc) is 2.95. The lowest BCUT2D eigenvalue weighted by Crippen LogP contribution is -2.36. The fourth-order valence-corrected chi connectivity index (χ4v) is 5.32. The van der Waals surface area contributed by atoms with Gasteiger partial charge in [0.1, 0.15) is 23.2 Å². The van der Waals surface area contributed by atoms with Crippen molar-refractivity contribution >= 4 is 23.5 Å². The van der Waals surface area contributed by atoms with Crippen LogP contribution in [-0.2, 0) is 19.0 Å². The molecular weight excluding hydrogens is 522 g/mol. The molecule has 2 aliphatic rings. The summed E-state index contributed by atoms with van der Waals surface area (Å²) in [6, 6.07) is 9.27. The lowest BCUT2D eigenvalue weighted by atomic mass is 9.82. The van der Waals surface area contributed by atoms with E-state index in [-0.39, 0.29) is 35.1 Å². The molecule has 0 radical (unpaired) electrons. The third-order valence-corrected chi connectivity index (χ3v) is 7.07. The number of aryl methyl sites for hydroxylation is 1. The highest BCUT2D eigenvalue weighted by Gasteiger charge is 2.39. The van der Waals surface area contributed by atoms with E-state index in [1.165, 1.54) is 26.0 Å². The summed E-state index contributed by atoms with van der Waals surface area (Å²) in [4.78, 5) is 24.8. The van der Waals surface area contributed by atoms with Crippen LogP contribution in [0.3, 0.4) is 0 Å². The third kappa shape index (κ3) is 6.05. The van der Waals surface area contributed by atoms with Crippen LogP contribution in [0.25, 0.3) is 0 Å². The molecule has 4 rings (SSSR count). The van der Waals surface area contributed by atoms with Gasteiger partial charge in [-0.15, -0.1) is 0 Å². The van der Waals surface area contributed by atoms with Gasteiger partial charge in [-0.2, -0.15) is 5.26 Å². The average molecular weight is 554 g/mol.